The van der Waals surface area contributed by atoms with Gasteiger partial charge in [-0.05, 0) is 36.2 Å². The molecule has 2 heterocycles. The van der Waals surface area contributed by atoms with Crippen molar-refractivity contribution < 1.29 is 4.74 Å². The fourth-order valence-corrected chi connectivity index (χ4v) is 1.99. The van der Waals surface area contributed by atoms with E-state index >= 15 is 0 Å². The van der Waals surface area contributed by atoms with Gasteiger partial charge in [-0.25, -0.2) is 4.99 Å². The summed E-state index contributed by atoms with van der Waals surface area (Å²) in [6.45, 7) is 4.90. The molecule has 0 unspecified atom stereocenters. The molecule has 2 rings (SSSR count). The van der Waals surface area contributed by atoms with Crippen LogP contribution in [0.3, 0.4) is 0 Å². The molecule has 0 atom stereocenters. The van der Waals surface area contributed by atoms with Gasteiger partial charge in [0.15, 0.2) is 5.90 Å². The quantitative estimate of drug-likeness (QED) is 0.710. The molecule has 1 aliphatic rings. The van der Waals surface area contributed by atoms with E-state index in [9.17, 15) is 0 Å². The number of aliphatic imine (C=N–C) groups is 1. The summed E-state index contributed by atoms with van der Waals surface area (Å²) in [6.07, 6.45) is 0.840. The molecule has 0 amide bonds. The monoisotopic (exact) mass is 195 g/mol. The van der Waals surface area contributed by atoms with Gasteiger partial charge >= 0.3 is 0 Å². The molecule has 0 radical (unpaired) electrons. The first kappa shape index (κ1) is 8.75. The molecule has 0 spiro atoms. The minimum absolute atomic E-state index is 0.0225. The first-order chi connectivity index (χ1) is 6.16. The lowest BCUT2D eigenvalue weighted by Gasteiger charge is -2.07. The van der Waals surface area contributed by atoms with Gasteiger partial charge in [0, 0.05) is 6.42 Å². The fraction of sp³-hybridized carbons (Fsp3) is 0.500. The maximum Gasteiger partial charge on any atom is 0.188 e. The predicted molar refractivity (Wildman–Crippen MR) is 55.5 cm³/mol. The highest BCUT2D eigenvalue weighted by Gasteiger charge is 2.25. The average Bonchev–Trinajstić information content (AvgIpc) is 2.61. The van der Waals surface area contributed by atoms with Crippen LogP contribution in [-0.4, -0.2) is 18.0 Å². The molecule has 0 saturated carbocycles. The van der Waals surface area contributed by atoms with E-state index in [1.807, 2.05) is 0 Å². The molecule has 70 valence electrons. The zero-order valence-electron chi connectivity index (χ0n) is 7.91. The largest absolute Gasteiger partial charge is 0.478 e. The van der Waals surface area contributed by atoms with Gasteiger partial charge < -0.3 is 4.74 Å². The Morgan fingerprint density at radius 2 is 2.46 bits per heavy atom. The second-order valence-corrected chi connectivity index (χ2v) is 4.70. The number of hydrogen-bond acceptors (Lipinski definition) is 3. The SMILES string of the molecule is CC1(C)COC(Cc2ccsc2)=N1. The highest BCUT2D eigenvalue weighted by Crippen LogP contribution is 2.19. The maximum atomic E-state index is 5.50. The number of rotatable bonds is 2. The van der Waals surface area contributed by atoms with Crippen molar-refractivity contribution in [2.45, 2.75) is 25.8 Å². The second kappa shape index (κ2) is 3.14. The van der Waals surface area contributed by atoms with Crippen molar-refractivity contribution in [3.8, 4) is 0 Å². The molecular weight excluding hydrogens is 182 g/mol. The summed E-state index contributed by atoms with van der Waals surface area (Å²) in [4.78, 5) is 4.49. The van der Waals surface area contributed by atoms with E-state index < -0.39 is 0 Å². The summed E-state index contributed by atoms with van der Waals surface area (Å²) >= 11 is 1.71. The van der Waals surface area contributed by atoms with E-state index in [1.54, 1.807) is 11.3 Å². The van der Waals surface area contributed by atoms with Crippen LogP contribution in [0.15, 0.2) is 21.8 Å². The van der Waals surface area contributed by atoms with Gasteiger partial charge in [0.25, 0.3) is 0 Å². The molecule has 13 heavy (non-hydrogen) atoms. The molecule has 0 aliphatic carbocycles. The molecule has 0 bridgehead atoms. The van der Waals surface area contributed by atoms with Crippen molar-refractivity contribution in [3.05, 3.63) is 22.4 Å². The van der Waals surface area contributed by atoms with Crippen LogP contribution in [0.1, 0.15) is 19.4 Å². The Hall–Kier alpha value is -0.830. The average molecular weight is 195 g/mol. The van der Waals surface area contributed by atoms with Crippen molar-refractivity contribution in [2.75, 3.05) is 6.61 Å². The van der Waals surface area contributed by atoms with Gasteiger partial charge in [0.1, 0.15) is 6.61 Å². The molecule has 1 aromatic rings. The van der Waals surface area contributed by atoms with E-state index in [-0.39, 0.29) is 5.54 Å². The summed E-state index contributed by atoms with van der Waals surface area (Å²) in [5, 5.41) is 4.22. The van der Waals surface area contributed by atoms with Crippen LogP contribution >= 0.6 is 11.3 Å². The fourth-order valence-electron chi connectivity index (χ4n) is 1.32. The maximum absolute atomic E-state index is 5.50. The molecule has 0 aromatic carbocycles. The van der Waals surface area contributed by atoms with Crippen LogP contribution < -0.4 is 0 Å². The minimum Gasteiger partial charge on any atom is -0.478 e. The van der Waals surface area contributed by atoms with Crippen LogP contribution in [0.5, 0.6) is 0 Å². The third-order valence-corrected chi connectivity index (χ3v) is 2.69. The van der Waals surface area contributed by atoms with Crippen molar-refractivity contribution in [2.24, 2.45) is 4.99 Å². The van der Waals surface area contributed by atoms with Gasteiger partial charge in [0.05, 0.1) is 5.54 Å². The predicted octanol–water partition coefficient (Wildman–Crippen LogP) is 2.50. The first-order valence-corrected chi connectivity index (χ1v) is 5.33. The van der Waals surface area contributed by atoms with Gasteiger partial charge in [-0.15, -0.1) is 0 Å². The Balaban J connectivity index is 2.05. The number of nitrogens with zero attached hydrogens (tertiary/aromatic N) is 1. The number of hydrogen-bond donors (Lipinski definition) is 0. The van der Waals surface area contributed by atoms with Crippen molar-refractivity contribution >= 4 is 17.2 Å². The summed E-state index contributed by atoms with van der Waals surface area (Å²) in [7, 11) is 0. The molecule has 3 heteroatoms. The smallest absolute Gasteiger partial charge is 0.188 e. The van der Waals surface area contributed by atoms with Crippen LogP contribution in [0, 0.1) is 0 Å². The third-order valence-electron chi connectivity index (χ3n) is 1.95. The van der Waals surface area contributed by atoms with Crippen molar-refractivity contribution in [1.29, 1.82) is 0 Å². The summed E-state index contributed by atoms with van der Waals surface area (Å²) in [6, 6.07) is 2.11. The molecular formula is C10H13NOS. The van der Waals surface area contributed by atoms with E-state index in [0.29, 0.717) is 6.61 Å². The molecule has 1 aromatic heterocycles. The molecule has 2 nitrogen and oxygen atoms in total. The van der Waals surface area contributed by atoms with E-state index in [1.165, 1.54) is 5.56 Å². The molecule has 0 saturated heterocycles. The molecule has 0 fully saturated rings. The van der Waals surface area contributed by atoms with Crippen LogP contribution in [0.4, 0.5) is 0 Å². The van der Waals surface area contributed by atoms with Gasteiger partial charge in [0.2, 0.25) is 0 Å². The standard InChI is InChI=1S/C10H13NOS/c1-10(2)7-12-9(11-10)5-8-3-4-13-6-8/h3-4,6H,5,7H2,1-2H3. The number of thiophene rings is 1. The summed E-state index contributed by atoms with van der Waals surface area (Å²) in [5.74, 6) is 0.878. The summed E-state index contributed by atoms with van der Waals surface area (Å²) < 4.78 is 5.50. The third kappa shape index (κ3) is 2.10. The molecule has 0 N–H and O–H groups in total. The lowest BCUT2D eigenvalue weighted by Crippen LogP contribution is -2.17. The Labute approximate surface area is 82.3 Å². The van der Waals surface area contributed by atoms with Crippen LogP contribution in [-0.2, 0) is 11.2 Å². The highest BCUT2D eigenvalue weighted by atomic mass is 32.1. The zero-order valence-corrected chi connectivity index (χ0v) is 8.73. The van der Waals surface area contributed by atoms with Gasteiger partial charge in [-0.1, -0.05) is 0 Å². The van der Waals surface area contributed by atoms with Crippen molar-refractivity contribution in [1.82, 2.24) is 0 Å². The first-order valence-electron chi connectivity index (χ1n) is 4.38. The van der Waals surface area contributed by atoms with Gasteiger partial charge in [-0.2, -0.15) is 11.3 Å². The Bertz CT molecular complexity index is 314. The Morgan fingerprint density at radius 3 is 3.00 bits per heavy atom. The van der Waals surface area contributed by atoms with Gasteiger partial charge in [-0.3, -0.25) is 0 Å². The van der Waals surface area contributed by atoms with Crippen molar-refractivity contribution in [3.63, 3.8) is 0 Å². The van der Waals surface area contributed by atoms with Crippen LogP contribution in [0.2, 0.25) is 0 Å². The normalized spacial score (nSPS) is 19.7. The van der Waals surface area contributed by atoms with E-state index in [4.69, 9.17) is 4.74 Å². The number of ether oxygens (including phenoxy) is 1. The Kier molecular flexibility index (Phi) is 2.12. The Morgan fingerprint density at radius 1 is 1.62 bits per heavy atom. The second-order valence-electron chi connectivity index (χ2n) is 3.92. The topological polar surface area (TPSA) is 21.6 Å². The lowest BCUT2D eigenvalue weighted by molar-refractivity contribution is 0.275. The molecule has 1 aliphatic heterocycles. The minimum atomic E-state index is -0.0225. The van der Waals surface area contributed by atoms with E-state index in [0.717, 1.165) is 12.3 Å². The lowest BCUT2D eigenvalue weighted by atomic mass is 10.1. The van der Waals surface area contributed by atoms with Crippen LogP contribution in [0.25, 0.3) is 0 Å². The van der Waals surface area contributed by atoms with E-state index in [2.05, 4.69) is 35.7 Å². The summed E-state index contributed by atoms with van der Waals surface area (Å²) in [5.41, 5.74) is 1.27. The highest BCUT2D eigenvalue weighted by molar-refractivity contribution is 7.07. The zero-order chi connectivity index (χ0) is 9.31.